The Labute approximate surface area is 83.0 Å². The SMILES string of the molecule is C=C(C)CCC=CCCC=C(C)C. The molecule has 74 valence electrons. The zero-order chi connectivity index (χ0) is 10.1. The van der Waals surface area contributed by atoms with E-state index in [-0.39, 0.29) is 0 Å². The van der Waals surface area contributed by atoms with E-state index in [2.05, 4.69) is 45.6 Å². The summed E-state index contributed by atoms with van der Waals surface area (Å²) < 4.78 is 0. The van der Waals surface area contributed by atoms with Crippen molar-refractivity contribution in [3.05, 3.63) is 36.0 Å². The number of unbranched alkanes of at least 4 members (excludes halogenated alkanes) is 1. The Morgan fingerprint density at radius 2 is 1.62 bits per heavy atom. The fourth-order valence-corrected chi connectivity index (χ4v) is 1.03. The fourth-order valence-electron chi connectivity index (χ4n) is 1.03. The molecular weight excluding hydrogens is 156 g/mol. The van der Waals surface area contributed by atoms with Crippen LogP contribution in [-0.2, 0) is 0 Å². The van der Waals surface area contributed by atoms with Crippen molar-refractivity contribution in [1.29, 1.82) is 0 Å². The van der Waals surface area contributed by atoms with Crippen LogP contribution in [0.2, 0.25) is 0 Å². The second-order valence-corrected chi connectivity index (χ2v) is 3.83. The Hall–Kier alpha value is -0.780. The quantitative estimate of drug-likeness (QED) is 0.410. The minimum Gasteiger partial charge on any atom is -0.100 e. The molecule has 0 N–H and O–H groups in total. The molecule has 0 radical (unpaired) electrons. The first kappa shape index (κ1) is 12.2. The summed E-state index contributed by atoms with van der Waals surface area (Å²) in [7, 11) is 0. The molecule has 0 saturated heterocycles. The number of allylic oxidation sites excluding steroid dienone is 5. The average molecular weight is 178 g/mol. The number of hydrogen-bond acceptors (Lipinski definition) is 0. The van der Waals surface area contributed by atoms with Gasteiger partial charge in [0.15, 0.2) is 0 Å². The summed E-state index contributed by atoms with van der Waals surface area (Å²) in [6, 6.07) is 0. The lowest BCUT2D eigenvalue weighted by Gasteiger charge is -1.93. The van der Waals surface area contributed by atoms with Gasteiger partial charge < -0.3 is 0 Å². The Morgan fingerprint density at radius 1 is 1.00 bits per heavy atom. The largest absolute Gasteiger partial charge is 0.100 e. The van der Waals surface area contributed by atoms with Crippen molar-refractivity contribution < 1.29 is 0 Å². The molecule has 0 heterocycles. The monoisotopic (exact) mass is 178 g/mol. The lowest BCUT2D eigenvalue weighted by molar-refractivity contribution is 0.962. The summed E-state index contributed by atoms with van der Waals surface area (Å²) in [5, 5.41) is 0. The summed E-state index contributed by atoms with van der Waals surface area (Å²) in [5.41, 5.74) is 2.68. The van der Waals surface area contributed by atoms with Crippen molar-refractivity contribution in [1.82, 2.24) is 0 Å². The molecule has 0 fully saturated rings. The topological polar surface area (TPSA) is 0 Å². The molecule has 0 nitrogen and oxygen atoms in total. The van der Waals surface area contributed by atoms with Crippen LogP contribution in [0.3, 0.4) is 0 Å². The van der Waals surface area contributed by atoms with Crippen molar-refractivity contribution in [3.63, 3.8) is 0 Å². The third-order valence-corrected chi connectivity index (χ3v) is 1.79. The fraction of sp³-hybridized carbons (Fsp3) is 0.538. The predicted octanol–water partition coefficient (Wildman–Crippen LogP) is 4.65. The average Bonchev–Trinajstić information content (AvgIpc) is 2.01. The van der Waals surface area contributed by atoms with Crippen molar-refractivity contribution in [3.8, 4) is 0 Å². The van der Waals surface area contributed by atoms with Gasteiger partial charge in [0.05, 0.1) is 0 Å². The van der Waals surface area contributed by atoms with Gasteiger partial charge in [0.2, 0.25) is 0 Å². The molecule has 0 saturated carbocycles. The molecular formula is C13H22. The van der Waals surface area contributed by atoms with Gasteiger partial charge >= 0.3 is 0 Å². The minimum atomic E-state index is 1.12. The third-order valence-electron chi connectivity index (χ3n) is 1.79. The van der Waals surface area contributed by atoms with Crippen LogP contribution in [0.1, 0.15) is 46.5 Å². The van der Waals surface area contributed by atoms with Gasteiger partial charge in [-0.1, -0.05) is 29.4 Å². The highest BCUT2D eigenvalue weighted by Crippen LogP contribution is 2.03. The number of rotatable bonds is 6. The highest BCUT2D eigenvalue weighted by atomic mass is 13.9. The zero-order valence-electron chi connectivity index (χ0n) is 9.27. The highest BCUT2D eigenvalue weighted by Gasteiger charge is 1.82. The van der Waals surface area contributed by atoms with Gasteiger partial charge in [-0.25, -0.2) is 0 Å². The van der Waals surface area contributed by atoms with Gasteiger partial charge in [0.25, 0.3) is 0 Å². The summed E-state index contributed by atoms with van der Waals surface area (Å²) in [5.74, 6) is 0. The van der Waals surface area contributed by atoms with E-state index in [1.165, 1.54) is 24.0 Å². The molecule has 0 unspecified atom stereocenters. The summed E-state index contributed by atoms with van der Waals surface area (Å²) in [6.07, 6.45) is 11.4. The molecule has 0 spiro atoms. The van der Waals surface area contributed by atoms with Gasteiger partial charge in [0, 0.05) is 0 Å². The lowest BCUT2D eigenvalue weighted by Crippen LogP contribution is -1.72. The maximum Gasteiger partial charge on any atom is -0.0291 e. The van der Waals surface area contributed by atoms with Crippen molar-refractivity contribution in [2.24, 2.45) is 0 Å². The van der Waals surface area contributed by atoms with Crippen LogP contribution >= 0.6 is 0 Å². The van der Waals surface area contributed by atoms with E-state index in [1.807, 2.05) is 0 Å². The molecule has 0 aromatic rings. The van der Waals surface area contributed by atoms with E-state index < -0.39 is 0 Å². The van der Waals surface area contributed by atoms with Crippen molar-refractivity contribution >= 4 is 0 Å². The van der Waals surface area contributed by atoms with Gasteiger partial charge in [-0.3, -0.25) is 0 Å². The standard InChI is InChI=1S/C13H22/c1-12(2)10-8-6-5-7-9-11-13(3)4/h5-6,11H,1,7-10H2,2-4H3. The molecule has 13 heavy (non-hydrogen) atoms. The van der Waals surface area contributed by atoms with Crippen molar-refractivity contribution in [2.75, 3.05) is 0 Å². The molecule has 0 aliphatic heterocycles. The summed E-state index contributed by atoms with van der Waals surface area (Å²) in [6.45, 7) is 10.2. The van der Waals surface area contributed by atoms with E-state index in [0.29, 0.717) is 0 Å². The Balaban J connectivity index is 3.32. The first-order valence-electron chi connectivity index (χ1n) is 5.05. The summed E-state index contributed by atoms with van der Waals surface area (Å²) >= 11 is 0. The molecule has 0 rings (SSSR count). The Bertz CT molecular complexity index is 190. The molecule has 0 aliphatic rings. The smallest absolute Gasteiger partial charge is 0.0291 e. The van der Waals surface area contributed by atoms with Gasteiger partial charge in [-0.2, -0.15) is 0 Å². The Kier molecular flexibility index (Phi) is 7.38. The van der Waals surface area contributed by atoms with Crippen LogP contribution in [0.4, 0.5) is 0 Å². The first-order valence-corrected chi connectivity index (χ1v) is 5.05. The molecule has 0 atom stereocenters. The van der Waals surface area contributed by atoms with Crippen LogP contribution in [0, 0.1) is 0 Å². The molecule has 0 aliphatic carbocycles. The van der Waals surface area contributed by atoms with E-state index in [1.54, 1.807) is 0 Å². The van der Waals surface area contributed by atoms with Gasteiger partial charge in [0.1, 0.15) is 0 Å². The molecule has 0 aromatic carbocycles. The predicted molar refractivity (Wildman–Crippen MR) is 61.9 cm³/mol. The first-order chi connectivity index (χ1) is 6.13. The van der Waals surface area contributed by atoms with Gasteiger partial charge in [-0.05, 0) is 46.5 Å². The lowest BCUT2D eigenvalue weighted by atomic mass is 10.1. The van der Waals surface area contributed by atoms with Gasteiger partial charge in [-0.15, -0.1) is 6.58 Å². The maximum atomic E-state index is 3.87. The molecule has 0 aromatic heterocycles. The Morgan fingerprint density at radius 3 is 2.15 bits per heavy atom. The van der Waals surface area contributed by atoms with Crippen LogP contribution in [-0.4, -0.2) is 0 Å². The van der Waals surface area contributed by atoms with Crippen LogP contribution in [0.5, 0.6) is 0 Å². The van der Waals surface area contributed by atoms with E-state index >= 15 is 0 Å². The second kappa shape index (κ2) is 7.85. The molecule has 0 amide bonds. The van der Waals surface area contributed by atoms with Crippen LogP contribution in [0.25, 0.3) is 0 Å². The highest BCUT2D eigenvalue weighted by molar-refractivity contribution is 4.96. The van der Waals surface area contributed by atoms with Crippen molar-refractivity contribution in [2.45, 2.75) is 46.5 Å². The van der Waals surface area contributed by atoms with Crippen LogP contribution in [0.15, 0.2) is 36.0 Å². The van der Waals surface area contributed by atoms with E-state index in [0.717, 1.165) is 12.8 Å². The number of hydrogen-bond donors (Lipinski definition) is 0. The van der Waals surface area contributed by atoms with Crippen LogP contribution < -0.4 is 0 Å². The molecule has 0 bridgehead atoms. The normalized spacial score (nSPS) is 10.4. The summed E-state index contributed by atoms with van der Waals surface area (Å²) in [4.78, 5) is 0. The zero-order valence-corrected chi connectivity index (χ0v) is 9.27. The van der Waals surface area contributed by atoms with E-state index in [9.17, 15) is 0 Å². The van der Waals surface area contributed by atoms with E-state index in [4.69, 9.17) is 0 Å². The molecule has 0 heteroatoms. The maximum absolute atomic E-state index is 3.87. The third kappa shape index (κ3) is 11.2. The minimum absolute atomic E-state index is 1.12. The second-order valence-electron chi connectivity index (χ2n) is 3.83.